The zero-order valence-corrected chi connectivity index (χ0v) is 13.7. The molecule has 0 saturated heterocycles. The molecule has 0 unspecified atom stereocenters. The molecule has 118 valence electrons. The second-order valence-electron chi connectivity index (χ2n) is 6.07. The van der Waals surface area contributed by atoms with Gasteiger partial charge in [-0.25, -0.2) is 0 Å². The summed E-state index contributed by atoms with van der Waals surface area (Å²) in [7, 11) is 0. The quantitative estimate of drug-likeness (QED) is 0.783. The molecule has 1 aliphatic carbocycles. The Balaban J connectivity index is 2.06. The second kappa shape index (κ2) is 7.82. The molecule has 0 radical (unpaired) electrons. The molecule has 1 aliphatic rings. The maximum Gasteiger partial charge on any atom is 0.313 e. The van der Waals surface area contributed by atoms with Gasteiger partial charge in [-0.15, -0.1) is 10.2 Å². The molecule has 0 amide bonds. The highest BCUT2D eigenvalue weighted by molar-refractivity contribution is 7.99. The van der Waals surface area contributed by atoms with Crippen molar-refractivity contribution in [1.29, 1.82) is 0 Å². The molecule has 21 heavy (non-hydrogen) atoms. The molecule has 1 N–H and O–H groups in total. The highest BCUT2D eigenvalue weighted by Gasteiger charge is 2.22. The Bertz CT molecular complexity index is 467. The van der Waals surface area contributed by atoms with E-state index in [1.165, 1.54) is 37.4 Å². The minimum Gasteiger partial charge on any atom is -0.481 e. The van der Waals surface area contributed by atoms with E-state index in [1.54, 1.807) is 0 Å². The number of aromatic nitrogens is 3. The molecule has 2 rings (SSSR count). The lowest BCUT2D eigenvalue weighted by atomic mass is 9.83. The highest BCUT2D eigenvalue weighted by atomic mass is 32.2. The van der Waals surface area contributed by atoms with Gasteiger partial charge in [0.15, 0.2) is 5.16 Å². The summed E-state index contributed by atoms with van der Waals surface area (Å²) >= 11 is 1.28. The van der Waals surface area contributed by atoms with E-state index in [4.69, 9.17) is 5.11 Å². The predicted octanol–water partition coefficient (Wildman–Crippen LogP) is 3.23. The predicted molar refractivity (Wildman–Crippen MR) is 83.5 cm³/mol. The number of thioether (sulfide) groups is 1. The van der Waals surface area contributed by atoms with Crippen molar-refractivity contribution in [1.82, 2.24) is 14.8 Å². The second-order valence-corrected chi connectivity index (χ2v) is 7.01. The molecule has 6 heteroatoms. The first-order valence-corrected chi connectivity index (χ1v) is 8.85. The number of hydrogen-bond acceptors (Lipinski definition) is 4. The first kappa shape index (κ1) is 16.3. The van der Waals surface area contributed by atoms with Crippen molar-refractivity contribution < 1.29 is 9.90 Å². The molecule has 1 aromatic heterocycles. The summed E-state index contributed by atoms with van der Waals surface area (Å²) in [6.45, 7) is 5.40. The van der Waals surface area contributed by atoms with Gasteiger partial charge in [-0.2, -0.15) is 0 Å². The summed E-state index contributed by atoms with van der Waals surface area (Å²) in [5.41, 5.74) is 0. The molecule has 0 aromatic carbocycles. The molecule has 0 bridgehead atoms. The average molecular weight is 311 g/mol. The third-order valence-corrected chi connectivity index (χ3v) is 5.12. The lowest BCUT2D eigenvalue weighted by Gasteiger charge is -2.27. The van der Waals surface area contributed by atoms with Gasteiger partial charge in [0.25, 0.3) is 0 Å². The lowest BCUT2D eigenvalue weighted by molar-refractivity contribution is -0.133. The Morgan fingerprint density at radius 2 is 2.05 bits per heavy atom. The van der Waals surface area contributed by atoms with Crippen LogP contribution < -0.4 is 0 Å². The first-order chi connectivity index (χ1) is 10.1. The van der Waals surface area contributed by atoms with E-state index < -0.39 is 5.97 Å². The van der Waals surface area contributed by atoms with E-state index >= 15 is 0 Å². The van der Waals surface area contributed by atoms with Gasteiger partial charge in [0, 0.05) is 13.0 Å². The number of hydrogen-bond donors (Lipinski definition) is 1. The van der Waals surface area contributed by atoms with E-state index in [0.29, 0.717) is 5.92 Å². The van der Waals surface area contributed by atoms with E-state index in [0.717, 1.165) is 36.3 Å². The van der Waals surface area contributed by atoms with Crippen LogP contribution in [0.5, 0.6) is 0 Å². The van der Waals surface area contributed by atoms with E-state index in [1.807, 2.05) is 0 Å². The Labute approximate surface area is 130 Å². The van der Waals surface area contributed by atoms with Gasteiger partial charge < -0.3 is 9.67 Å². The Hall–Kier alpha value is -1.04. The fourth-order valence-corrected chi connectivity index (χ4v) is 3.60. The molecular formula is C15H25N3O2S. The van der Waals surface area contributed by atoms with E-state index in [2.05, 4.69) is 28.6 Å². The number of rotatable bonds is 7. The fourth-order valence-electron chi connectivity index (χ4n) is 2.91. The smallest absolute Gasteiger partial charge is 0.313 e. The van der Waals surface area contributed by atoms with Crippen LogP contribution in [0.3, 0.4) is 0 Å². The third kappa shape index (κ3) is 4.73. The van der Waals surface area contributed by atoms with Crippen LogP contribution in [0.25, 0.3) is 0 Å². The zero-order valence-electron chi connectivity index (χ0n) is 12.9. The van der Waals surface area contributed by atoms with Crippen LogP contribution in [0.1, 0.15) is 51.8 Å². The van der Waals surface area contributed by atoms with Gasteiger partial charge in [0.1, 0.15) is 5.82 Å². The summed E-state index contributed by atoms with van der Waals surface area (Å²) in [4.78, 5) is 10.8. The first-order valence-electron chi connectivity index (χ1n) is 7.86. The fraction of sp³-hybridized carbons (Fsp3) is 0.800. The van der Waals surface area contributed by atoms with Crippen molar-refractivity contribution in [2.24, 2.45) is 11.8 Å². The van der Waals surface area contributed by atoms with E-state index in [-0.39, 0.29) is 5.75 Å². The lowest BCUT2D eigenvalue weighted by Crippen LogP contribution is -2.19. The number of aliphatic carboxylic acids is 1. The number of nitrogens with zero attached hydrogens (tertiary/aromatic N) is 3. The maximum absolute atomic E-state index is 10.8. The van der Waals surface area contributed by atoms with Crippen LogP contribution >= 0.6 is 11.8 Å². The molecule has 0 atom stereocenters. The minimum absolute atomic E-state index is 0.0476. The number of carboxylic acid groups (broad SMARTS) is 1. The van der Waals surface area contributed by atoms with Gasteiger partial charge in [-0.3, -0.25) is 4.79 Å². The summed E-state index contributed by atoms with van der Waals surface area (Å²) in [5.74, 6) is 1.77. The molecule has 0 spiro atoms. The summed E-state index contributed by atoms with van der Waals surface area (Å²) in [5, 5.41) is 18.1. The molecular weight excluding hydrogens is 286 g/mol. The largest absolute Gasteiger partial charge is 0.481 e. The third-order valence-electron chi connectivity index (χ3n) is 4.17. The van der Waals surface area contributed by atoms with Crippen molar-refractivity contribution >= 4 is 17.7 Å². The van der Waals surface area contributed by atoms with Gasteiger partial charge in [-0.1, -0.05) is 38.5 Å². The van der Waals surface area contributed by atoms with Crippen molar-refractivity contribution in [3.63, 3.8) is 0 Å². The topological polar surface area (TPSA) is 68.0 Å². The van der Waals surface area contributed by atoms with Gasteiger partial charge in [0.05, 0.1) is 5.75 Å². The maximum atomic E-state index is 10.8. The zero-order chi connectivity index (χ0) is 15.2. The van der Waals surface area contributed by atoms with Gasteiger partial charge in [-0.05, 0) is 31.1 Å². The van der Waals surface area contributed by atoms with Crippen molar-refractivity contribution in [3.8, 4) is 0 Å². The Morgan fingerprint density at radius 3 is 2.67 bits per heavy atom. The van der Waals surface area contributed by atoms with Crippen molar-refractivity contribution in [2.75, 3.05) is 5.75 Å². The average Bonchev–Trinajstić information content (AvgIpc) is 2.82. The minimum atomic E-state index is -0.807. The summed E-state index contributed by atoms with van der Waals surface area (Å²) < 4.78 is 2.16. The number of aryl methyl sites for hydroxylation is 1. The van der Waals surface area contributed by atoms with Crippen LogP contribution in [-0.4, -0.2) is 31.6 Å². The van der Waals surface area contributed by atoms with Crippen molar-refractivity contribution in [2.45, 2.75) is 64.1 Å². The van der Waals surface area contributed by atoms with Crippen LogP contribution in [0, 0.1) is 11.8 Å². The normalized spacial score (nSPS) is 22.4. The molecule has 1 aromatic rings. The van der Waals surface area contributed by atoms with Crippen LogP contribution in [0.2, 0.25) is 0 Å². The van der Waals surface area contributed by atoms with Crippen molar-refractivity contribution in [3.05, 3.63) is 5.82 Å². The molecule has 1 fully saturated rings. The van der Waals surface area contributed by atoms with Crippen LogP contribution in [-0.2, 0) is 17.8 Å². The van der Waals surface area contributed by atoms with Gasteiger partial charge in [0.2, 0.25) is 0 Å². The molecule has 1 saturated carbocycles. The Kier molecular flexibility index (Phi) is 6.08. The molecule has 5 nitrogen and oxygen atoms in total. The van der Waals surface area contributed by atoms with Crippen LogP contribution in [0.4, 0.5) is 0 Å². The summed E-state index contributed by atoms with van der Waals surface area (Å²) in [6, 6.07) is 0. The summed E-state index contributed by atoms with van der Waals surface area (Å²) in [6.07, 6.45) is 7.05. The highest BCUT2D eigenvalue weighted by Crippen LogP contribution is 2.31. The molecule has 1 heterocycles. The number of carboxylic acids is 1. The Morgan fingerprint density at radius 1 is 1.33 bits per heavy atom. The van der Waals surface area contributed by atoms with Gasteiger partial charge >= 0.3 is 5.97 Å². The van der Waals surface area contributed by atoms with Crippen LogP contribution in [0.15, 0.2) is 5.16 Å². The molecule has 0 aliphatic heterocycles. The SMILES string of the molecule is CCCc1nnc(SCC(=O)O)n1CC1CCC(C)CC1. The van der Waals surface area contributed by atoms with E-state index in [9.17, 15) is 4.79 Å². The number of carbonyl (C=O) groups is 1. The monoisotopic (exact) mass is 311 g/mol. The standard InChI is InChI=1S/C15H25N3O2S/c1-3-4-13-16-17-15(21-10-14(19)20)18(13)9-12-7-5-11(2)6-8-12/h11-12H,3-10H2,1-2H3,(H,19,20).